The van der Waals surface area contributed by atoms with Crippen LogP contribution in [-0.4, -0.2) is 22.5 Å². The number of amides is 1. The Balaban J connectivity index is 2.79. The lowest BCUT2D eigenvalue weighted by molar-refractivity contribution is 0.0934. The molecule has 0 aromatic carbocycles. The second kappa shape index (κ2) is 5.85. The van der Waals surface area contributed by atoms with Gasteiger partial charge in [0.25, 0.3) is 5.91 Å². The van der Waals surface area contributed by atoms with Crippen LogP contribution in [0.5, 0.6) is 0 Å². The predicted octanol–water partition coefficient (Wildman–Crippen LogP) is 2.82. The fourth-order valence-corrected chi connectivity index (χ4v) is 1.47. The molecule has 0 aliphatic heterocycles. The number of pyridine rings is 1. The summed E-state index contributed by atoms with van der Waals surface area (Å²) in [5.41, 5.74) is 1.32. The maximum Gasteiger partial charge on any atom is 0.270 e. The third kappa shape index (κ3) is 4.73. The molecule has 0 spiro atoms. The van der Waals surface area contributed by atoms with Gasteiger partial charge in [-0.25, -0.2) is 0 Å². The number of rotatable bonds is 4. The molecule has 0 aliphatic carbocycles. The molecule has 4 nitrogen and oxygen atoms in total. The molecule has 1 amide bonds. The number of nitrogens with zero attached hydrogens (tertiary/aromatic N) is 1. The number of hydrogen-bond donors (Lipinski definition) is 2. The molecule has 2 N–H and O–H groups in total. The Kier molecular flexibility index (Phi) is 4.70. The molecule has 0 saturated carbocycles. The first-order valence-electron chi connectivity index (χ1n) is 6.37. The Hall–Kier alpha value is -1.58. The molecule has 1 heterocycles. The monoisotopic (exact) mass is 249 g/mol. The summed E-state index contributed by atoms with van der Waals surface area (Å²) in [7, 11) is 0. The van der Waals surface area contributed by atoms with Gasteiger partial charge >= 0.3 is 0 Å². The maximum absolute atomic E-state index is 11.9. The van der Waals surface area contributed by atoms with E-state index in [0.717, 1.165) is 12.1 Å². The molecular weight excluding hydrogens is 226 g/mol. The first-order chi connectivity index (χ1) is 8.31. The van der Waals surface area contributed by atoms with Crippen LogP contribution in [-0.2, 0) is 0 Å². The van der Waals surface area contributed by atoms with Gasteiger partial charge in [-0.3, -0.25) is 9.78 Å². The predicted molar refractivity (Wildman–Crippen MR) is 74.8 cm³/mol. The molecule has 1 atom stereocenters. The molecule has 1 aromatic heterocycles. The summed E-state index contributed by atoms with van der Waals surface area (Å²) >= 11 is 0. The SMILES string of the molecule is CCC(C)NC(=O)c1cc(NC(C)(C)C)ccn1. The lowest BCUT2D eigenvalue weighted by Gasteiger charge is -2.22. The van der Waals surface area contributed by atoms with Crippen molar-refractivity contribution in [1.82, 2.24) is 10.3 Å². The van der Waals surface area contributed by atoms with Crippen LogP contribution in [0.4, 0.5) is 5.69 Å². The van der Waals surface area contributed by atoms with Crippen LogP contribution >= 0.6 is 0 Å². The Morgan fingerprint density at radius 2 is 2.11 bits per heavy atom. The molecule has 0 saturated heterocycles. The minimum absolute atomic E-state index is 0.0359. The lowest BCUT2D eigenvalue weighted by atomic mass is 10.1. The summed E-state index contributed by atoms with van der Waals surface area (Å²) in [6, 6.07) is 3.81. The van der Waals surface area contributed by atoms with Crippen LogP contribution < -0.4 is 10.6 Å². The van der Waals surface area contributed by atoms with E-state index in [1.807, 2.05) is 19.9 Å². The Morgan fingerprint density at radius 1 is 1.44 bits per heavy atom. The zero-order chi connectivity index (χ0) is 13.8. The molecule has 1 unspecified atom stereocenters. The van der Waals surface area contributed by atoms with Gasteiger partial charge in [-0.2, -0.15) is 0 Å². The number of carbonyl (C=O) groups is 1. The molecule has 1 rings (SSSR count). The highest BCUT2D eigenvalue weighted by Gasteiger charge is 2.13. The number of nitrogens with one attached hydrogen (secondary N) is 2. The van der Waals surface area contributed by atoms with Crippen molar-refractivity contribution in [2.75, 3.05) is 5.32 Å². The summed E-state index contributed by atoms with van der Waals surface area (Å²) < 4.78 is 0. The normalized spacial score (nSPS) is 12.9. The summed E-state index contributed by atoms with van der Waals surface area (Å²) in [6.45, 7) is 10.2. The van der Waals surface area contributed by atoms with Crippen molar-refractivity contribution in [3.05, 3.63) is 24.0 Å². The maximum atomic E-state index is 11.9. The molecule has 0 bridgehead atoms. The Bertz CT molecular complexity index is 410. The van der Waals surface area contributed by atoms with E-state index in [2.05, 4.69) is 36.4 Å². The first kappa shape index (κ1) is 14.5. The standard InChI is InChI=1S/C14H23N3O/c1-6-10(2)16-13(18)12-9-11(7-8-15-12)17-14(3,4)5/h7-10H,6H2,1-5H3,(H,15,17)(H,16,18). The van der Waals surface area contributed by atoms with Crippen molar-refractivity contribution in [2.45, 2.75) is 52.6 Å². The third-order valence-corrected chi connectivity index (χ3v) is 2.50. The van der Waals surface area contributed by atoms with Crippen molar-refractivity contribution < 1.29 is 4.79 Å². The molecule has 100 valence electrons. The molecule has 18 heavy (non-hydrogen) atoms. The van der Waals surface area contributed by atoms with Gasteiger partial charge in [0, 0.05) is 23.5 Å². The van der Waals surface area contributed by atoms with Gasteiger partial charge in [0.05, 0.1) is 0 Å². The van der Waals surface area contributed by atoms with E-state index in [0.29, 0.717) is 5.69 Å². The highest BCUT2D eigenvalue weighted by atomic mass is 16.1. The van der Waals surface area contributed by atoms with Gasteiger partial charge in [0.2, 0.25) is 0 Å². The number of anilines is 1. The first-order valence-corrected chi connectivity index (χ1v) is 6.37. The van der Waals surface area contributed by atoms with Gasteiger partial charge in [-0.05, 0) is 46.2 Å². The molecular formula is C14H23N3O. The fourth-order valence-electron chi connectivity index (χ4n) is 1.47. The van der Waals surface area contributed by atoms with Crippen LogP contribution in [0.2, 0.25) is 0 Å². The lowest BCUT2D eigenvalue weighted by Crippen LogP contribution is -2.32. The zero-order valence-corrected chi connectivity index (χ0v) is 11.9. The fraction of sp³-hybridized carbons (Fsp3) is 0.571. The van der Waals surface area contributed by atoms with Gasteiger partial charge in [0.1, 0.15) is 5.69 Å². The van der Waals surface area contributed by atoms with E-state index in [1.54, 1.807) is 12.3 Å². The van der Waals surface area contributed by atoms with E-state index in [9.17, 15) is 4.79 Å². The van der Waals surface area contributed by atoms with Crippen LogP contribution in [0.15, 0.2) is 18.3 Å². The smallest absolute Gasteiger partial charge is 0.270 e. The minimum Gasteiger partial charge on any atom is -0.380 e. The van der Waals surface area contributed by atoms with Crippen molar-refractivity contribution >= 4 is 11.6 Å². The van der Waals surface area contributed by atoms with Gasteiger partial charge in [0.15, 0.2) is 0 Å². The summed E-state index contributed by atoms with van der Waals surface area (Å²) in [6.07, 6.45) is 2.56. The molecule has 0 aliphatic rings. The molecule has 1 aromatic rings. The van der Waals surface area contributed by atoms with Crippen LogP contribution in [0.1, 0.15) is 51.5 Å². The second-order valence-corrected chi connectivity index (χ2v) is 5.59. The van der Waals surface area contributed by atoms with E-state index in [-0.39, 0.29) is 17.5 Å². The van der Waals surface area contributed by atoms with Crippen molar-refractivity contribution in [3.8, 4) is 0 Å². The minimum atomic E-state index is -0.123. The van der Waals surface area contributed by atoms with Gasteiger partial charge in [-0.15, -0.1) is 0 Å². The summed E-state index contributed by atoms with van der Waals surface area (Å²) in [5, 5.41) is 6.23. The number of hydrogen-bond acceptors (Lipinski definition) is 3. The zero-order valence-electron chi connectivity index (χ0n) is 11.9. The topological polar surface area (TPSA) is 54.0 Å². The third-order valence-electron chi connectivity index (χ3n) is 2.50. The Morgan fingerprint density at radius 3 is 2.67 bits per heavy atom. The van der Waals surface area contributed by atoms with E-state index in [4.69, 9.17) is 0 Å². The highest BCUT2D eigenvalue weighted by Crippen LogP contribution is 2.14. The molecule has 0 radical (unpaired) electrons. The van der Waals surface area contributed by atoms with Crippen molar-refractivity contribution in [1.29, 1.82) is 0 Å². The molecule has 0 fully saturated rings. The van der Waals surface area contributed by atoms with Crippen molar-refractivity contribution in [3.63, 3.8) is 0 Å². The summed E-state index contributed by atoms with van der Waals surface area (Å²) in [5.74, 6) is -0.123. The quantitative estimate of drug-likeness (QED) is 0.862. The Labute approximate surface area is 109 Å². The van der Waals surface area contributed by atoms with Gasteiger partial charge in [-0.1, -0.05) is 6.92 Å². The van der Waals surface area contributed by atoms with Gasteiger partial charge < -0.3 is 10.6 Å². The summed E-state index contributed by atoms with van der Waals surface area (Å²) in [4.78, 5) is 16.0. The average molecular weight is 249 g/mol. The van der Waals surface area contributed by atoms with Crippen LogP contribution in [0, 0.1) is 0 Å². The number of carbonyl (C=O) groups excluding carboxylic acids is 1. The average Bonchev–Trinajstić information content (AvgIpc) is 2.26. The number of aromatic nitrogens is 1. The van der Waals surface area contributed by atoms with Crippen LogP contribution in [0.25, 0.3) is 0 Å². The van der Waals surface area contributed by atoms with Crippen LogP contribution in [0.3, 0.4) is 0 Å². The van der Waals surface area contributed by atoms with E-state index in [1.165, 1.54) is 0 Å². The second-order valence-electron chi connectivity index (χ2n) is 5.59. The van der Waals surface area contributed by atoms with E-state index >= 15 is 0 Å². The van der Waals surface area contributed by atoms with Crippen molar-refractivity contribution in [2.24, 2.45) is 0 Å². The highest BCUT2D eigenvalue weighted by molar-refractivity contribution is 5.93. The van der Waals surface area contributed by atoms with E-state index < -0.39 is 0 Å². The molecule has 4 heteroatoms. The largest absolute Gasteiger partial charge is 0.380 e.